The SMILES string of the molecule is CC1CC(C(=O)O)CN1I. The number of hydrogen-bond acceptors (Lipinski definition) is 2. The lowest BCUT2D eigenvalue weighted by molar-refractivity contribution is -0.141. The largest absolute Gasteiger partial charge is 0.481 e. The lowest BCUT2D eigenvalue weighted by atomic mass is 10.1. The number of halogens is 1. The Morgan fingerprint density at radius 2 is 2.40 bits per heavy atom. The second-order valence-corrected chi connectivity index (χ2v) is 3.94. The third-order valence-electron chi connectivity index (χ3n) is 1.85. The van der Waals surface area contributed by atoms with Crippen LogP contribution in [0.15, 0.2) is 0 Å². The summed E-state index contributed by atoms with van der Waals surface area (Å²) in [4.78, 5) is 10.5. The molecule has 1 fully saturated rings. The molecule has 0 saturated carbocycles. The summed E-state index contributed by atoms with van der Waals surface area (Å²) in [5.74, 6) is -0.807. The number of rotatable bonds is 1. The fourth-order valence-corrected chi connectivity index (χ4v) is 1.87. The van der Waals surface area contributed by atoms with Gasteiger partial charge in [0.15, 0.2) is 0 Å². The maximum Gasteiger partial charge on any atom is 0.307 e. The van der Waals surface area contributed by atoms with Crippen LogP contribution in [-0.2, 0) is 4.79 Å². The zero-order valence-corrected chi connectivity index (χ0v) is 7.91. The first-order valence-corrected chi connectivity index (χ1v) is 4.23. The Morgan fingerprint density at radius 1 is 1.80 bits per heavy atom. The van der Waals surface area contributed by atoms with Gasteiger partial charge in [-0.1, -0.05) is 0 Å². The van der Waals surface area contributed by atoms with Crippen molar-refractivity contribution >= 4 is 28.8 Å². The van der Waals surface area contributed by atoms with Gasteiger partial charge in [0.1, 0.15) is 0 Å². The highest BCUT2D eigenvalue weighted by Gasteiger charge is 2.31. The van der Waals surface area contributed by atoms with E-state index in [1.165, 1.54) is 0 Å². The molecular formula is C6H10INO2. The molecule has 0 radical (unpaired) electrons. The minimum absolute atomic E-state index is 0.146. The van der Waals surface area contributed by atoms with Gasteiger partial charge in [0, 0.05) is 35.5 Å². The van der Waals surface area contributed by atoms with E-state index in [4.69, 9.17) is 5.11 Å². The van der Waals surface area contributed by atoms with E-state index < -0.39 is 5.97 Å². The Hall–Kier alpha value is 0.160. The maximum atomic E-state index is 10.5. The summed E-state index contributed by atoms with van der Waals surface area (Å²) < 4.78 is 2.05. The lowest BCUT2D eigenvalue weighted by Gasteiger charge is -2.08. The van der Waals surface area contributed by atoms with Crippen molar-refractivity contribution in [1.29, 1.82) is 0 Å². The Bertz CT molecular complexity index is 141. The quantitative estimate of drug-likeness (QED) is 0.564. The van der Waals surface area contributed by atoms with Crippen molar-refractivity contribution in [3.63, 3.8) is 0 Å². The summed E-state index contributed by atoms with van der Waals surface area (Å²) in [6.45, 7) is 2.74. The van der Waals surface area contributed by atoms with Crippen LogP contribution >= 0.6 is 22.9 Å². The molecule has 4 heteroatoms. The summed E-state index contributed by atoms with van der Waals surface area (Å²) in [5.41, 5.74) is 0. The number of carbonyl (C=O) groups is 1. The van der Waals surface area contributed by atoms with Crippen LogP contribution in [0.1, 0.15) is 13.3 Å². The standard InChI is InChI=1S/C6H10INO2/c1-4-2-5(6(9)10)3-8(4)7/h4-5H,2-3H2,1H3,(H,9,10). The number of nitrogens with zero attached hydrogens (tertiary/aromatic N) is 1. The highest BCUT2D eigenvalue weighted by atomic mass is 127. The normalized spacial score (nSPS) is 34.6. The van der Waals surface area contributed by atoms with E-state index in [9.17, 15) is 4.79 Å². The average Bonchev–Trinajstić information content (AvgIpc) is 2.13. The molecule has 1 N–H and O–H groups in total. The van der Waals surface area contributed by atoms with Gasteiger partial charge in [0.2, 0.25) is 0 Å². The number of hydrogen-bond donors (Lipinski definition) is 1. The van der Waals surface area contributed by atoms with Crippen LogP contribution in [0.3, 0.4) is 0 Å². The van der Waals surface area contributed by atoms with Gasteiger partial charge in [-0.25, -0.2) is 3.11 Å². The molecule has 0 bridgehead atoms. The Balaban J connectivity index is 2.49. The van der Waals surface area contributed by atoms with Crippen molar-refractivity contribution in [3.05, 3.63) is 0 Å². The molecule has 3 nitrogen and oxygen atoms in total. The first kappa shape index (κ1) is 8.26. The first-order valence-electron chi connectivity index (χ1n) is 3.26. The van der Waals surface area contributed by atoms with Crippen LogP contribution in [0.2, 0.25) is 0 Å². The molecule has 0 aliphatic carbocycles. The van der Waals surface area contributed by atoms with Gasteiger partial charge >= 0.3 is 5.97 Å². The van der Waals surface area contributed by atoms with Gasteiger partial charge in [-0.15, -0.1) is 0 Å². The van der Waals surface area contributed by atoms with Gasteiger partial charge in [-0.05, 0) is 13.3 Å². The van der Waals surface area contributed by atoms with Crippen molar-refractivity contribution in [2.45, 2.75) is 19.4 Å². The number of carboxylic acids is 1. The molecule has 0 aromatic carbocycles. The van der Waals surface area contributed by atoms with E-state index in [2.05, 4.69) is 32.9 Å². The smallest absolute Gasteiger partial charge is 0.307 e. The first-order chi connectivity index (χ1) is 4.61. The van der Waals surface area contributed by atoms with Crippen molar-refractivity contribution in [2.24, 2.45) is 5.92 Å². The molecule has 0 aromatic rings. The summed E-state index contributed by atoms with van der Waals surface area (Å²) in [6, 6.07) is 0.418. The molecule has 1 aliphatic heterocycles. The van der Waals surface area contributed by atoms with Crippen LogP contribution in [0.5, 0.6) is 0 Å². The van der Waals surface area contributed by atoms with Crippen molar-refractivity contribution in [3.8, 4) is 0 Å². The zero-order valence-electron chi connectivity index (χ0n) is 5.75. The van der Waals surface area contributed by atoms with Crippen LogP contribution in [0.25, 0.3) is 0 Å². The molecule has 2 unspecified atom stereocenters. The summed E-state index contributed by atoms with van der Waals surface area (Å²) >= 11 is 2.18. The summed E-state index contributed by atoms with van der Waals surface area (Å²) in [7, 11) is 0. The van der Waals surface area contributed by atoms with Crippen molar-refractivity contribution in [1.82, 2.24) is 3.11 Å². The highest BCUT2D eigenvalue weighted by molar-refractivity contribution is 14.1. The molecule has 10 heavy (non-hydrogen) atoms. The molecule has 0 aromatic heterocycles. The van der Waals surface area contributed by atoms with E-state index in [1.54, 1.807) is 0 Å². The van der Waals surface area contributed by atoms with Gasteiger partial charge in [0.05, 0.1) is 5.92 Å². The van der Waals surface area contributed by atoms with Crippen LogP contribution in [0.4, 0.5) is 0 Å². The van der Waals surface area contributed by atoms with Crippen molar-refractivity contribution in [2.75, 3.05) is 6.54 Å². The Morgan fingerprint density at radius 3 is 2.60 bits per heavy atom. The molecule has 1 aliphatic rings. The molecule has 2 atom stereocenters. The summed E-state index contributed by atoms with van der Waals surface area (Å²) in [5, 5.41) is 8.62. The van der Waals surface area contributed by atoms with Crippen LogP contribution in [0, 0.1) is 5.92 Å². The average molecular weight is 255 g/mol. The third kappa shape index (κ3) is 1.60. The maximum absolute atomic E-state index is 10.5. The topological polar surface area (TPSA) is 40.5 Å². The monoisotopic (exact) mass is 255 g/mol. The second-order valence-electron chi connectivity index (χ2n) is 2.70. The molecule has 1 rings (SSSR count). The van der Waals surface area contributed by atoms with Crippen LogP contribution in [-0.4, -0.2) is 26.8 Å². The second kappa shape index (κ2) is 3.04. The molecule has 58 valence electrons. The van der Waals surface area contributed by atoms with Gasteiger partial charge < -0.3 is 5.11 Å². The fraction of sp³-hybridized carbons (Fsp3) is 0.833. The zero-order chi connectivity index (χ0) is 7.72. The van der Waals surface area contributed by atoms with E-state index in [0.717, 1.165) is 6.42 Å². The third-order valence-corrected chi connectivity index (χ3v) is 3.19. The van der Waals surface area contributed by atoms with Crippen molar-refractivity contribution < 1.29 is 9.90 Å². The fourth-order valence-electron chi connectivity index (χ4n) is 1.17. The molecule has 0 spiro atoms. The van der Waals surface area contributed by atoms with E-state index in [-0.39, 0.29) is 5.92 Å². The van der Waals surface area contributed by atoms with E-state index >= 15 is 0 Å². The highest BCUT2D eigenvalue weighted by Crippen LogP contribution is 2.25. The summed E-state index contributed by atoms with van der Waals surface area (Å²) in [6.07, 6.45) is 0.790. The van der Waals surface area contributed by atoms with Gasteiger partial charge in [-0.3, -0.25) is 4.79 Å². The number of aliphatic carboxylic acids is 1. The Kier molecular flexibility index (Phi) is 2.51. The minimum Gasteiger partial charge on any atom is -0.481 e. The molecule has 1 heterocycles. The van der Waals surface area contributed by atoms with E-state index in [1.807, 2.05) is 0 Å². The van der Waals surface area contributed by atoms with Gasteiger partial charge in [0.25, 0.3) is 0 Å². The minimum atomic E-state index is -0.661. The predicted molar refractivity (Wildman–Crippen MR) is 45.9 cm³/mol. The Labute approximate surface area is 73.9 Å². The molecule has 0 amide bonds. The molecule has 1 saturated heterocycles. The van der Waals surface area contributed by atoms with Gasteiger partial charge in [-0.2, -0.15) is 0 Å². The predicted octanol–water partition coefficient (Wildman–Crippen LogP) is 1.13. The van der Waals surface area contributed by atoms with Crippen LogP contribution < -0.4 is 0 Å². The van der Waals surface area contributed by atoms with E-state index in [0.29, 0.717) is 12.6 Å². The lowest BCUT2D eigenvalue weighted by Crippen LogP contribution is -2.16. The molecular weight excluding hydrogens is 245 g/mol. The number of carboxylic acid groups (broad SMARTS) is 1.